The summed E-state index contributed by atoms with van der Waals surface area (Å²) in [5, 5.41) is 10.9. The molecule has 1 aliphatic heterocycles. The molecule has 140 valence electrons. The fourth-order valence-corrected chi connectivity index (χ4v) is 3.13. The molecule has 1 saturated heterocycles. The lowest BCUT2D eigenvalue weighted by Crippen LogP contribution is -2.35. The van der Waals surface area contributed by atoms with E-state index in [0.29, 0.717) is 24.3 Å². The van der Waals surface area contributed by atoms with Crippen LogP contribution in [0.4, 0.5) is 0 Å². The Labute approximate surface area is 158 Å². The molecule has 0 radical (unpaired) electrons. The normalized spacial score (nSPS) is 19.1. The van der Waals surface area contributed by atoms with Gasteiger partial charge in [0.25, 0.3) is 11.7 Å². The first-order valence-electron chi connectivity index (χ1n) is 8.81. The van der Waals surface area contributed by atoms with E-state index in [1.165, 1.54) is 4.90 Å². The van der Waals surface area contributed by atoms with Crippen LogP contribution in [-0.4, -0.2) is 58.8 Å². The van der Waals surface area contributed by atoms with Gasteiger partial charge in [-0.1, -0.05) is 35.9 Å². The van der Waals surface area contributed by atoms with Crippen LogP contribution >= 0.6 is 0 Å². The average molecular weight is 365 g/mol. The van der Waals surface area contributed by atoms with Gasteiger partial charge in [0.15, 0.2) is 0 Å². The number of likely N-dealkylation sites (tertiary alicyclic amines) is 1. The Bertz CT molecular complexity index is 873. The highest BCUT2D eigenvalue weighted by Crippen LogP contribution is 2.38. The number of ketones is 1. The second-order valence-corrected chi connectivity index (χ2v) is 6.92. The lowest BCUT2D eigenvalue weighted by atomic mass is 9.98. The van der Waals surface area contributed by atoms with Gasteiger partial charge in [-0.05, 0) is 33.2 Å². The monoisotopic (exact) mass is 365 g/mol. The molecule has 1 unspecified atom stereocenters. The number of aryl methyl sites for hydroxylation is 1. The fourth-order valence-electron chi connectivity index (χ4n) is 3.13. The van der Waals surface area contributed by atoms with Gasteiger partial charge in [-0.15, -0.1) is 0 Å². The number of nitrogens with zero attached hydrogens (tertiary/aromatic N) is 3. The Morgan fingerprint density at radius 3 is 2.44 bits per heavy atom. The third kappa shape index (κ3) is 3.75. The van der Waals surface area contributed by atoms with Crippen LogP contribution in [0.2, 0.25) is 0 Å². The summed E-state index contributed by atoms with van der Waals surface area (Å²) >= 11 is 0. The molecule has 1 aromatic heterocycles. The molecule has 1 aliphatic rings. The molecule has 0 saturated carbocycles. The zero-order chi connectivity index (χ0) is 19.6. The summed E-state index contributed by atoms with van der Waals surface area (Å²) in [5.41, 5.74) is 2.19. The van der Waals surface area contributed by atoms with Crippen LogP contribution in [0.3, 0.4) is 0 Å². The number of aliphatic hydroxyl groups is 1. The van der Waals surface area contributed by atoms with Crippen LogP contribution in [0.5, 0.6) is 0 Å². The van der Waals surface area contributed by atoms with E-state index in [1.54, 1.807) is 36.5 Å². The number of pyridine rings is 1. The average Bonchev–Trinajstić information content (AvgIpc) is 2.91. The summed E-state index contributed by atoms with van der Waals surface area (Å²) in [7, 11) is 3.80. The maximum Gasteiger partial charge on any atom is 0.295 e. The first-order chi connectivity index (χ1) is 12.9. The Morgan fingerprint density at radius 2 is 1.85 bits per heavy atom. The quantitative estimate of drug-likeness (QED) is 0.500. The highest BCUT2D eigenvalue weighted by atomic mass is 16.3. The molecule has 27 heavy (non-hydrogen) atoms. The van der Waals surface area contributed by atoms with E-state index in [2.05, 4.69) is 4.98 Å². The molecule has 1 N–H and O–H groups in total. The molecule has 1 amide bonds. The van der Waals surface area contributed by atoms with Crippen molar-refractivity contribution in [3.8, 4) is 0 Å². The molecule has 1 aromatic carbocycles. The fraction of sp³-hybridized carbons (Fsp3) is 0.286. The highest BCUT2D eigenvalue weighted by Gasteiger charge is 2.46. The van der Waals surface area contributed by atoms with Crippen LogP contribution in [0.1, 0.15) is 22.9 Å². The number of likely N-dealkylation sites (N-methyl/N-ethyl adjacent to an activating group) is 1. The number of carbonyl (C=O) groups is 2. The lowest BCUT2D eigenvalue weighted by Gasteiger charge is -2.25. The number of aliphatic hydroxyl groups excluding tert-OH is 1. The highest BCUT2D eigenvalue weighted by molar-refractivity contribution is 6.46. The second kappa shape index (κ2) is 7.72. The van der Waals surface area contributed by atoms with Crippen molar-refractivity contribution in [1.82, 2.24) is 14.8 Å². The maximum atomic E-state index is 12.8. The van der Waals surface area contributed by atoms with Gasteiger partial charge in [-0.2, -0.15) is 0 Å². The van der Waals surface area contributed by atoms with Crippen molar-refractivity contribution in [3.63, 3.8) is 0 Å². The van der Waals surface area contributed by atoms with Crippen LogP contribution < -0.4 is 0 Å². The van der Waals surface area contributed by atoms with Gasteiger partial charge in [-0.25, -0.2) is 0 Å². The molecule has 6 heteroatoms. The summed E-state index contributed by atoms with van der Waals surface area (Å²) in [4.78, 5) is 33.2. The molecule has 0 spiro atoms. The van der Waals surface area contributed by atoms with Gasteiger partial charge in [0.1, 0.15) is 11.8 Å². The summed E-state index contributed by atoms with van der Waals surface area (Å²) < 4.78 is 0. The first-order valence-corrected chi connectivity index (χ1v) is 8.81. The molecule has 0 aliphatic carbocycles. The smallest absolute Gasteiger partial charge is 0.295 e. The molecule has 2 aromatic rings. The summed E-state index contributed by atoms with van der Waals surface area (Å²) in [6, 6.07) is 11.8. The topological polar surface area (TPSA) is 73.7 Å². The van der Waals surface area contributed by atoms with Crippen molar-refractivity contribution in [1.29, 1.82) is 0 Å². The van der Waals surface area contributed by atoms with Crippen molar-refractivity contribution in [2.75, 3.05) is 27.2 Å². The Balaban J connectivity index is 2.12. The second-order valence-electron chi connectivity index (χ2n) is 6.92. The van der Waals surface area contributed by atoms with Crippen LogP contribution in [0.15, 0.2) is 54.2 Å². The molecule has 3 rings (SSSR count). The van der Waals surface area contributed by atoms with Gasteiger partial charge in [-0.3, -0.25) is 14.6 Å². The number of aromatic nitrogens is 1. The minimum atomic E-state index is -0.701. The van der Waals surface area contributed by atoms with E-state index in [1.807, 2.05) is 38.1 Å². The predicted molar refractivity (Wildman–Crippen MR) is 103 cm³/mol. The first kappa shape index (κ1) is 18.8. The minimum Gasteiger partial charge on any atom is -0.507 e. The standard InChI is InChI=1S/C21H23N3O3/c1-14-7-9-15(10-8-14)19(25)17-18(16-6-4-5-11-22-16)24(13-12-23(2)3)21(27)20(17)26/h4-11,18,25H,12-13H2,1-3H3/b19-17+. The molecule has 1 atom stereocenters. The lowest BCUT2D eigenvalue weighted by molar-refractivity contribution is -0.140. The Morgan fingerprint density at radius 1 is 1.15 bits per heavy atom. The number of carbonyl (C=O) groups excluding carboxylic acids is 2. The van der Waals surface area contributed by atoms with E-state index in [4.69, 9.17) is 0 Å². The van der Waals surface area contributed by atoms with E-state index in [0.717, 1.165) is 5.56 Å². The molecular formula is C21H23N3O3. The predicted octanol–water partition coefficient (Wildman–Crippen LogP) is 2.37. The molecule has 2 heterocycles. The number of benzene rings is 1. The van der Waals surface area contributed by atoms with Crippen LogP contribution in [0.25, 0.3) is 5.76 Å². The van der Waals surface area contributed by atoms with Gasteiger partial charge >= 0.3 is 0 Å². The van der Waals surface area contributed by atoms with E-state index in [-0.39, 0.29) is 11.3 Å². The summed E-state index contributed by atoms with van der Waals surface area (Å²) in [6.45, 7) is 2.91. The van der Waals surface area contributed by atoms with Gasteiger partial charge in [0, 0.05) is 24.8 Å². The van der Waals surface area contributed by atoms with Gasteiger partial charge < -0.3 is 14.9 Å². The maximum absolute atomic E-state index is 12.8. The van der Waals surface area contributed by atoms with Gasteiger partial charge in [0.05, 0.1) is 11.3 Å². The number of Topliss-reactive ketones (excluding diaryl/α,β-unsaturated/α-hetero) is 1. The van der Waals surface area contributed by atoms with Gasteiger partial charge in [0.2, 0.25) is 0 Å². The van der Waals surface area contributed by atoms with Crippen LogP contribution in [0, 0.1) is 6.92 Å². The van der Waals surface area contributed by atoms with Crippen molar-refractivity contribution >= 4 is 17.4 Å². The third-order valence-corrected chi connectivity index (χ3v) is 4.62. The zero-order valence-corrected chi connectivity index (χ0v) is 15.7. The number of hydrogen-bond donors (Lipinski definition) is 1. The Hall–Kier alpha value is -2.99. The molecule has 1 fully saturated rings. The number of amides is 1. The van der Waals surface area contributed by atoms with Crippen molar-refractivity contribution < 1.29 is 14.7 Å². The zero-order valence-electron chi connectivity index (χ0n) is 15.7. The summed E-state index contributed by atoms with van der Waals surface area (Å²) in [5.74, 6) is -1.46. The molecular weight excluding hydrogens is 342 g/mol. The van der Waals surface area contributed by atoms with Crippen LogP contribution in [-0.2, 0) is 9.59 Å². The van der Waals surface area contributed by atoms with E-state index in [9.17, 15) is 14.7 Å². The SMILES string of the molecule is Cc1ccc(/C(O)=C2\C(=O)C(=O)N(CCN(C)C)C2c2ccccn2)cc1. The minimum absolute atomic E-state index is 0.0845. The van der Waals surface area contributed by atoms with Crippen molar-refractivity contribution in [2.45, 2.75) is 13.0 Å². The van der Waals surface area contributed by atoms with Crippen molar-refractivity contribution in [3.05, 3.63) is 71.1 Å². The number of hydrogen-bond acceptors (Lipinski definition) is 5. The number of rotatable bonds is 5. The van der Waals surface area contributed by atoms with Crippen molar-refractivity contribution in [2.24, 2.45) is 0 Å². The van der Waals surface area contributed by atoms with E-state index < -0.39 is 17.7 Å². The molecule has 6 nitrogen and oxygen atoms in total. The largest absolute Gasteiger partial charge is 0.507 e. The van der Waals surface area contributed by atoms with E-state index >= 15 is 0 Å². The Kier molecular flexibility index (Phi) is 5.37. The third-order valence-electron chi connectivity index (χ3n) is 4.62. The summed E-state index contributed by atoms with van der Waals surface area (Å²) in [6.07, 6.45) is 1.62. The molecule has 0 bridgehead atoms.